The van der Waals surface area contributed by atoms with Crippen LogP contribution in [0.1, 0.15) is 30.0 Å². The zero-order chi connectivity index (χ0) is 13.1. The fourth-order valence-corrected chi connectivity index (χ4v) is 2.01. The Kier molecular flexibility index (Phi) is 3.62. The quantitative estimate of drug-likeness (QED) is 0.849. The SMILES string of the molecule is CCNC(c1c[nH]c(C)cc1=O)c1nccn1C. The molecule has 2 N–H and O–H groups in total. The van der Waals surface area contributed by atoms with Crippen molar-refractivity contribution in [2.24, 2.45) is 7.05 Å². The Bertz CT molecular complexity index is 585. The number of imidazole rings is 1. The second-order valence-corrected chi connectivity index (χ2v) is 4.32. The van der Waals surface area contributed by atoms with E-state index in [1.165, 1.54) is 0 Å². The van der Waals surface area contributed by atoms with Crippen molar-refractivity contribution in [1.29, 1.82) is 0 Å². The summed E-state index contributed by atoms with van der Waals surface area (Å²) in [5, 5.41) is 3.30. The van der Waals surface area contributed by atoms with Crippen LogP contribution in [-0.4, -0.2) is 21.1 Å². The van der Waals surface area contributed by atoms with Crippen molar-refractivity contribution in [3.63, 3.8) is 0 Å². The number of nitrogens with zero attached hydrogens (tertiary/aromatic N) is 2. The summed E-state index contributed by atoms with van der Waals surface area (Å²) in [6, 6.07) is 1.43. The minimum atomic E-state index is -0.181. The topological polar surface area (TPSA) is 62.7 Å². The number of hydrogen-bond acceptors (Lipinski definition) is 3. The molecule has 0 aliphatic carbocycles. The van der Waals surface area contributed by atoms with E-state index in [0.29, 0.717) is 5.56 Å². The van der Waals surface area contributed by atoms with Crippen LogP contribution >= 0.6 is 0 Å². The molecule has 2 aromatic rings. The van der Waals surface area contributed by atoms with E-state index in [2.05, 4.69) is 15.3 Å². The lowest BCUT2D eigenvalue weighted by molar-refractivity contribution is 0.572. The van der Waals surface area contributed by atoms with Crippen LogP contribution in [0.3, 0.4) is 0 Å². The first kappa shape index (κ1) is 12.6. The van der Waals surface area contributed by atoms with Crippen LogP contribution in [-0.2, 0) is 7.05 Å². The van der Waals surface area contributed by atoms with Gasteiger partial charge < -0.3 is 14.9 Å². The molecule has 0 aromatic carbocycles. The van der Waals surface area contributed by atoms with Gasteiger partial charge in [0.05, 0.1) is 6.04 Å². The molecule has 0 aliphatic heterocycles. The third-order valence-electron chi connectivity index (χ3n) is 2.92. The molecule has 1 atom stereocenters. The van der Waals surface area contributed by atoms with Gasteiger partial charge in [-0.1, -0.05) is 6.92 Å². The summed E-state index contributed by atoms with van der Waals surface area (Å²) in [7, 11) is 1.93. The normalized spacial score (nSPS) is 12.6. The lowest BCUT2D eigenvalue weighted by Crippen LogP contribution is -2.29. The maximum atomic E-state index is 12.1. The third-order valence-corrected chi connectivity index (χ3v) is 2.92. The van der Waals surface area contributed by atoms with Gasteiger partial charge in [0.2, 0.25) is 0 Å². The van der Waals surface area contributed by atoms with E-state index in [1.807, 2.05) is 31.7 Å². The average Bonchev–Trinajstić information content (AvgIpc) is 2.73. The molecule has 2 rings (SSSR count). The molecule has 2 aromatic heterocycles. The number of pyridine rings is 1. The van der Waals surface area contributed by atoms with Gasteiger partial charge in [0.1, 0.15) is 5.82 Å². The summed E-state index contributed by atoms with van der Waals surface area (Å²) in [4.78, 5) is 19.5. The zero-order valence-corrected chi connectivity index (χ0v) is 10.9. The summed E-state index contributed by atoms with van der Waals surface area (Å²) in [6.07, 6.45) is 5.38. The Morgan fingerprint density at radius 3 is 2.89 bits per heavy atom. The molecule has 0 fully saturated rings. The predicted octanol–water partition coefficient (Wildman–Crippen LogP) is 1.12. The number of rotatable bonds is 4. The molecule has 0 spiro atoms. The van der Waals surface area contributed by atoms with E-state index in [-0.39, 0.29) is 11.5 Å². The van der Waals surface area contributed by atoms with Gasteiger partial charge in [-0.05, 0) is 13.5 Å². The number of nitrogens with one attached hydrogen (secondary N) is 2. The minimum Gasteiger partial charge on any atom is -0.365 e. The number of aromatic nitrogens is 3. The fraction of sp³-hybridized carbons (Fsp3) is 0.385. The Morgan fingerprint density at radius 1 is 1.56 bits per heavy atom. The summed E-state index contributed by atoms with van der Waals surface area (Å²) < 4.78 is 1.92. The van der Waals surface area contributed by atoms with E-state index >= 15 is 0 Å². The first-order valence-corrected chi connectivity index (χ1v) is 6.03. The summed E-state index contributed by atoms with van der Waals surface area (Å²) in [5.41, 5.74) is 1.58. The Balaban J connectivity index is 2.48. The summed E-state index contributed by atoms with van der Waals surface area (Å²) >= 11 is 0. The van der Waals surface area contributed by atoms with Crippen molar-refractivity contribution in [3.8, 4) is 0 Å². The van der Waals surface area contributed by atoms with Crippen molar-refractivity contribution in [2.45, 2.75) is 19.9 Å². The van der Waals surface area contributed by atoms with Crippen LogP contribution < -0.4 is 10.7 Å². The van der Waals surface area contributed by atoms with E-state index in [9.17, 15) is 4.79 Å². The fourth-order valence-electron chi connectivity index (χ4n) is 2.01. The molecule has 0 bridgehead atoms. The highest BCUT2D eigenvalue weighted by Gasteiger charge is 2.19. The summed E-state index contributed by atoms with van der Waals surface area (Å²) in [5.74, 6) is 0.839. The van der Waals surface area contributed by atoms with Gasteiger partial charge in [0.15, 0.2) is 5.43 Å². The molecule has 1 unspecified atom stereocenters. The molecule has 5 nitrogen and oxygen atoms in total. The van der Waals surface area contributed by atoms with Gasteiger partial charge in [-0.15, -0.1) is 0 Å². The maximum absolute atomic E-state index is 12.1. The van der Waals surface area contributed by atoms with Crippen LogP contribution in [0.5, 0.6) is 0 Å². The second kappa shape index (κ2) is 5.18. The number of hydrogen-bond donors (Lipinski definition) is 2. The molecule has 0 aliphatic rings. The van der Waals surface area contributed by atoms with E-state index in [4.69, 9.17) is 0 Å². The van der Waals surface area contributed by atoms with Gasteiger partial charge in [-0.2, -0.15) is 0 Å². The van der Waals surface area contributed by atoms with Crippen LogP contribution in [0.2, 0.25) is 0 Å². The Hall–Kier alpha value is -1.88. The summed E-state index contributed by atoms with van der Waals surface area (Å²) in [6.45, 7) is 4.65. The second-order valence-electron chi connectivity index (χ2n) is 4.32. The van der Waals surface area contributed by atoms with Gasteiger partial charge in [0, 0.05) is 43.0 Å². The average molecular weight is 246 g/mol. The van der Waals surface area contributed by atoms with Crippen LogP contribution in [0.25, 0.3) is 0 Å². The molecule has 0 saturated carbocycles. The number of H-pyrrole nitrogens is 1. The monoisotopic (exact) mass is 246 g/mol. The highest BCUT2D eigenvalue weighted by molar-refractivity contribution is 5.24. The van der Waals surface area contributed by atoms with Gasteiger partial charge in [-0.3, -0.25) is 4.79 Å². The predicted molar refractivity (Wildman–Crippen MR) is 70.5 cm³/mol. The largest absolute Gasteiger partial charge is 0.365 e. The van der Waals surface area contributed by atoms with Gasteiger partial charge in [0.25, 0.3) is 0 Å². The molecular formula is C13H18N4O. The molecule has 5 heteroatoms. The first-order valence-electron chi connectivity index (χ1n) is 6.03. The van der Waals surface area contributed by atoms with E-state index < -0.39 is 0 Å². The minimum absolute atomic E-state index is 0.0280. The maximum Gasteiger partial charge on any atom is 0.187 e. The van der Waals surface area contributed by atoms with Crippen molar-refractivity contribution in [3.05, 3.63) is 52.0 Å². The van der Waals surface area contributed by atoms with Crippen molar-refractivity contribution in [2.75, 3.05) is 6.54 Å². The molecule has 0 saturated heterocycles. The molecule has 2 heterocycles. The van der Waals surface area contributed by atoms with E-state index in [1.54, 1.807) is 18.5 Å². The van der Waals surface area contributed by atoms with Gasteiger partial charge >= 0.3 is 0 Å². The molecule has 18 heavy (non-hydrogen) atoms. The highest BCUT2D eigenvalue weighted by atomic mass is 16.1. The smallest absolute Gasteiger partial charge is 0.187 e. The lowest BCUT2D eigenvalue weighted by atomic mass is 10.1. The zero-order valence-electron chi connectivity index (χ0n) is 10.9. The molecular weight excluding hydrogens is 228 g/mol. The Morgan fingerprint density at radius 2 is 2.33 bits per heavy atom. The van der Waals surface area contributed by atoms with Crippen LogP contribution in [0.15, 0.2) is 29.5 Å². The van der Waals surface area contributed by atoms with Crippen molar-refractivity contribution < 1.29 is 0 Å². The third kappa shape index (κ3) is 2.36. The number of aryl methyl sites for hydroxylation is 2. The number of aromatic amines is 1. The molecule has 96 valence electrons. The van der Waals surface area contributed by atoms with Gasteiger partial charge in [-0.25, -0.2) is 4.98 Å². The van der Waals surface area contributed by atoms with Crippen molar-refractivity contribution >= 4 is 0 Å². The first-order chi connectivity index (χ1) is 8.63. The molecule has 0 amide bonds. The van der Waals surface area contributed by atoms with Crippen LogP contribution in [0, 0.1) is 6.92 Å². The molecule has 0 radical (unpaired) electrons. The van der Waals surface area contributed by atoms with Crippen molar-refractivity contribution in [1.82, 2.24) is 19.9 Å². The Labute approximate surface area is 106 Å². The van der Waals surface area contributed by atoms with Crippen LogP contribution in [0.4, 0.5) is 0 Å². The standard InChI is InChI=1S/C13H18N4O/c1-4-14-12(13-15-5-6-17(13)3)10-8-16-9(2)7-11(10)18/h5-8,12,14H,4H2,1-3H3,(H,16,18). The highest BCUT2D eigenvalue weighted by Crippen LogP contribution is 2.16. The lowest BCUT2D eigenvalue weighted by Gasteiger charge is -2.17. The van der Waals surface area contributed by atoms with E-state index in [0.717, 1.165) is 18.1 Å².